The van der Waals surface area contributed by atoms with Crippen molar-refractivity contribution in [1.29, 1.82) is 0 Å². The fourth-order valence-electron chi connectivity index (χ4n) is 2.65. The van der Waals surface area contributed by atoms with E-state index in [1.165, 1.54) is 10.5 Å². The van der Waals surface area contributed by atoms with Gasteiger partial charge in [0.05, 0.1) is 0 Å². The summed E-state index contributed by atoms with van der Waals surface area (Å²) in [4.78, 5) is 1.20. The fraction of sp³-hybridized carbons (Fsp3) is 0.429. The van der Waals surface area contributed by atoms with E-state index in [2.05, 4.69) is 65.8 Å². The highest BCUT2D eigenvalue weighted by Crippen LogP contribution is 2.40. The lowest BCUT2D eigenvalue weighted by Gasteiger charge is -2.28. The number of nitrogen functional groups attached to an aromatic ring is 1. The van der Waals surface area contributed by atoms with Gasteiger partial charge in [0.2, 0.25) is 0 Å². The molecule has 0 aliphatic carbocycles. The van der Waals surface area contributed by atoms with Gasteiger partial charge < -0.3 is 10.8 Å². The Balaban J connectivity index is 2.37. The van der Waals surface area contributed by atoms with E-state index in [4.69, 9.17) is 5.73 Å². The van der Waals surface area contributed by atoms with Crippen LogP contribution in [0.3, 0.4) is 0 Å². The first kappa shape index (κ1) is 18.7. The summed E-state index contributed by atoms with van der Waals surface area (Å²) in [7, 11) is 0. The second-order valence-electron chi connectivity index (χ2n) is 8.40. The second kappa shape index (κ2) is 6.72. The van der Waals surface area contributed by atoms with Gasteiger partial charge in [-0.15, -0.1) is 11.8 Å². The molecule has 0 saturated heterocycles. The van der Waals surface area contributed by atoms with Gasteiger partial charge in [-0.05, 0) is 51.8 Å². The molecular weight excluding hydrogens is 314 g/mol. The van der Waals surface area contributed by atoms with E-state index in [1.807, 2.05) is 12.1 Å². The molecule has 0 saturated carbocycles. The molecule has 0 heterocycles. The Kier molecular flexibility index (Phi) is 5.24. The Hall–Kier alpha value is -1.61. The van der Waals surface area contributed by atoms with Gasteiger partial charge in [-0.3, -0.25) is 0 Å². The maximum Gasteiger partial charge on any atom is 0.123 e. The number of phenolic OH excluding ortho intramolecular Hbond substituents is 1. The van der Waals surface area contributed by atoms with E-state index in [1.54, 1.807) is 11.8 Å². The molecule has 0 unspecified atom stereocenters. The summed E-state index contributed by atoms with van der Waals surface area (Å²) in [5.74, 6) is 1.31. The molecule has 0 aliphatic rings. The molecule has 0 atom stereocenters. The summed E-state index contributed by atoms with van der Waals surface area (Å²) in [6.07, 6.45) is 0. The highest BCUT2D eigenvalue weighted by atomic mass is 32.2. The SMILES string of the molecule is CC(C)(C)c1cc(CSc2ccc(N)cc2)cc(C(C)(C)C)c1O. The smallest absolute Gasteiger partial charge is 0.123 e. The highest BCUT2D eigenvalue weighted by molar-refractivity contribution is 7.98. The molecule has 2 aromatic carbocycles. The van der Waals surface area contributed by atoms with Crippen LogP contribution < -0.4 is 5.73 Å². The van der Waals surface area contributed by atoms with Crippen molar-refractivity contribution in [3.8, 4) is 5.75 Å². The molecule has 0 amide bonds. The lowest BCUT2D eigenvalue weighted by Crippen LogP contribution is -2.17. The summed E-state index contributed by atoms with van der Waals surface area (Å²) in [6.45, 7) is 12.9. The van der Waals surface area contributed by atoms with Crippen LogP contribution in [-0.4, -0.2) is 5.11 Å². The minimum atomic E-state index is -0.0913. The molecule has 2 rings (SSSR count). The normalized spacial score (nSPS) is 12.4. The van der Waals surface area contributed by atoms with Gasteiger partial charge in [0.25, 0.3) is 0 Å². The van der Waals surface area contributed by atoms with Crippen molar-refractivity contribution < 1.29 is 5.11 Å². The first-order valence-electron chi connectivity index (χ1n) is 8.33. The van der Waals surface area contributed by atoms with Gasteiger partial charge in [0, 0.05) is 16.3 Å². The van der Waals surface area contributed by atoms with E-state index in [0.29, 0.717) is 5.75 Å². The maximum absolute atomic E-state index is 10.8. The van der Waals surface area contributed by atoms with E-state index >= 15 is 0 Å². The van der Waals surface area contributed by atoms with Crippen molar-refractivity contribution in [2.75, 3.05) is 5.73 Å². The summed E-state index contributed by atoms with van der Waals surface area (Å²) >= 11 is 1.79. The summed E-state index contributed by atoms with van der Waals surface area (Å²) in [5.41, 5.74) is 9.63. The van der Waals surface area contributed by atoms with Crippen LogP contribution in [0.5, 0.6) is 5.75 Å². The topological polar surface area (TPSA) is 46.2 Å². The van der Waals surface area contributed by atoms with Gasteiger partial charge in [-0.25, -0.2) is 0 Å². The van der Waals surface area contributed by atoms with Gasteiger partial charge >= 0.3 is 0 Å². The van der Waals surface area contributed by atoms with E-state index in [0.717, 1.165) is 22.6 Å². The van der Waals surface area contributed by atoms with Gasteiger partial charge in [0.1, 0.15) is 5.75 Å². The average Bonchev–Trinajstić information content (AvgIpc) is 2.45. The third-order valence-electron chi connectivity index (χ3n) is 4.07. The molecule has 0 aliphatic heterocycles. The van der Waals surface area contributed by atoms with Crippen LogP contribution in [0.1, 0.15) is 58.2 Å². The quantitative estimate of drug-likeness (QED) is 0.542. The number of rotatable bonds is 3. The number of thioether (sulfide) groups is 1. The van der Waals surface area contributed by atoms with Crippen LogP contribution in [0.4, 0.5) is 5.69 Å². The van der Waals surface area contributed by atoms with Crippen molar-refractivity contribution in [2.45, 2.75) is 63.0 Å². The second-order valence-corrected chi connectivity index (χ2v) is 9.45. The molecular formula is C21H29NOS. The molecule has 130 valence electrons. The van der Waals surface area contributed by atoms with Gasteiger partial charge in [-0.1, -0.05) is 53.7 Å². The first-order chi connectivity index (χ1) is 11.0. The van der Waals surface area contributed by atoms with Crippen molar-refractivity contribution in [3.63, 3.8) is 0 Å². The molecule has 0 radical (unpaired) electrons. The Morgan fingerprint density at radius 3 is 1.75 bits per heavy atom. The maximum atomic E-state index is 10.8. The van der Waals surface area contributed by atoms with Crippen molar-refractivity contribution in [2.24, 2.45) is 0 Å². The number of hydrogen-bond acceptors (Lipinski definition) is 3. The standard InChI is InChI=1S/C21H29NOS/c1-20(2,3)17-11-14(12-18(19(17)23)21(4,5)6)13-24-16-9-7-15(22)8-10-16/h7-12,23H,13,22H2,1-6H3. The van der Waals surface area contributed by atoms with Crippen molar-refractivity contribution >= 4 is 17.4 Å². The minimum absolute atomic E-state index is 0.0913. The molecule has 0 bridgehead atoms. The van der Waals surface area contributed by atoms with Crippen molar-refractivity contribution in [1.82, 2.24) is 0 Å². The van der Waals surface area contributed by atoms with Crippen molar-refractivity contribution in [3.05, 3.63) is 53.1 Å². The molecule has 2 aromatic rings. The zero-order valence-corrected chi connectivity index (χ0v) is 16.4. The number of anilines is 1. The minimum Gasteiger partial charge on any atom is -0.507 e. The monoisotopic (exact) mass is 343 g/mol. The third-order valence-corrected chi connectivity index (χ3v) is 5.15. The Morgan fingerprint density at radius 2 is 1.33 bits per heavy atom. The number of benzene rings is 2. The Morgan fingerprint density at radius 1 is 0.875 bits per heavy atom. The molecule has 0 fully saturated rings. The van der Waals surface area contributed by atoms with Crippen LogP contribution in [0.15, 0.2) is 41.3 Å². The lowest BCUT2D eigenvalue weighted by molar-refractivity contribution is 0.423. The van der Waals surface area contributed by atoms with E-state index in [9.17, 15) is 5.11 Å². The number of aromatic hydroxyl groups is 1. The largest absolute Gasteiger partial charge is 0.507 e. The molecule has 0 aromatic heterocycles. The van der Waals surface area contributed by atoms with Crippen LogP contribution in [0.2, 0.25) is 0 Å². The van der Waals surface area contributed by atoms with Gasteiger partial charge in [-0.2, -0.15) is 0 Å². The summed E-state index contributed by atoms with van der Waals surface area (Å²) in [6, 6.07) is 12.3. The number of phenols is 1. The number of nitrogens with two attached hydrogens (primary N) is 1. The van der Waals surface area contributed by atoms with E-state index < -0.39 is 0 Å². The zero-order valence-electron chi connectivity index (χ0n) is 15.6. The zero-order chi connectivity index (χ0) is 18.1. The number of hydrogen-bond donors (Lipinski definition) is 2. The third kappa shape index (κ3) is 4.47. The van der Waals surface area contributed by atoms with E-state index in [-0.39, 0.29) is 10.8 Å². The molecule has 24 heavy (non-hydrogen) atoms. The average molecular weight is 344 g/mol. The predicted molar refractivity (Wildman–Crippen MR) is 106 cm³/mol. The Labute approximate surface area is 150 Å². The highest BCUT2D eigenvalue weighted by Gasteiger charge is 2.26. The molecule has 0 spiro atoms. The summed E-state index contributed by atoms with van der Waals surface area (Å²) < 4.78 is 0. The fourth-order valence-corrected chi connectivity index (χ4v) is 3.48. The first-order valence-corrected chi connectivity index (χ1v) is 9.32. The molecule has 3 N–H and O–H groups in total. The molecule has 2 nitrogen and oxygen atoms in total. The van der Waals surface area contributed by atoms with Crippen LogP contribution in [0.25, 0.3) is 0 Å². The van der Waals surface area contributed by atoms with Crippen LogP contribution in [-0.2, 0) is 16.6 Å². The lowest BCUT2D eigenvalue weighted by atomic mass is 9.78. The summed E-state index contributed by atoms with van der Waals surface area (Å²) in [5, 5.41) is 10.8. The molecule has 3 heteroatoms. The predicted octanol–water partition coefficient (Wildman–Crippen LogP) is 5.86. The van der Waals surface area contributed by atoms with Gasteiger partial charge in [0.15, 0.2) is 0 Å². The Bertz CT molecular complexity index is 671. The van der Waals surface area contributed by atoms with Crippen LogP contribution in [0, 0.1) is 0 Å². The van der Waals surface area contributed by atoms with Crippen LogP contribution >= 0.6 is 11.8 Å².